The minimum absolute atomic E-state index is 0.0102. The molecule has 0 spiro atoms. The van der Waals surface area contributed by atoms with Crippen LogP contribution in [0.2, 0.25) is 0 Å². The Kier molecular flexibility index (Phi) is 7.22. The van der Waals surface area contributed by atoms with Crippen molar-refractivity contribution in [2.75, 3.05) is 13.2 Å². The van der Waals surface area contributed by atoms with Crippen LogP contribution < -0.4 is 0 Å². The zero-order valence-electron chi connectivity index (χ0n) is 13.2. The number of esters is 3. The van der Waals surface area contributed by atoms with Crippen LogP contribution in [-0.4, -0.2) is 42.3 Å². The number of rotatable bonds is 8. The maximum absolute atomic E-state index is 11.9. The molecule has 7 heteroatoms. The van der Waals surface area contributed by atoms with Crippen LogP contribution in [0.4, 0.5) is 0 Å². The highest BCUT2D eigenvalue weighted by Crippen LogP contribution is 2.11. The van der Waals surface area contributed by atoms with Gasteiger partial charge in [0.25, 0.3) is 0 Å². The van der Waals surface area contributed by atoms with Crippen LogP contribution in [0.25, 0.3) is 0 Å². The first kappa shape index (κ1) is 19.0. The number of ether oxygens (including phenoxy) is 3. The molecule has 0 saturated heterocycles. The summed E-state index contributed by atoms with van der Waals surface area (Å²) < 4.78 is 14.9. The van der Waals surface area contributed by atoms with Crippen LogP contribution in [0.5, 0.6) is 5.75 Å². The van der Waals surface area contributed by atoms with E-state index >= 15 is 0 Å². The van der Waals surface area contributed by atoms with E-state index in [9.17, 15) is 19.5 Å². The summed E-state index contributed by atoms with van der Waals surface area (Å²) in [6, 6.07) is 5.42. The van der Waals surface area contributed by atoms with Gasteiger partial charge in [0.15, 0.2) is 6.10 Å². The van der Waals surface area contributed by atoms with Gasteiger partial charge in [0.1, 0.15) is 19.0 Å². The highest BCUT2D eigenvalue weighted by atomic mass is 16.6. The third-order valence-electron chi connectivity index (χ3n) is 2.70. The van der Waals surface area contributed by atoms with E-state index < -0.39 is 24.0 Å². The molecule has 0 radical (unpaired) electrons. The van der Waals surface area contributed by atoms with Crippen LogP contribution in [0.15, 0.2) is 49.1 Å². The van der Waals surface area contributed by atoms with Crippen molar-refractivity contribution in [3.8, 4) is 5.75 Å². The minimum atomic E-state index is -0.986. The van der Waals surface area contributed by atoms with Crippen LogP contribution >= 0.6 is 0 Å². The Labute approximate surface area is 139 Å². The van der Waals surface area contributed by atoms with E-state index in [0.29, 0.717) is 0 Å². The molecule has 1 rings (SSSR count). The van der Waals surface area contributed by atoms with E-state index in [1.807, 2.05) is 0 Å². The highest BCUT2D eigenvalue weighted by molar-refractivity contribution is 5.89. The van der Waals surface area contributed by atoms with Gasteiger partial charge in [-0.25, -0.2) is 14.4 Å². The van der Waals surface area contributed by atoms with Crippen molar-refractivity contribution in [1.82, 2.24) is 0 Å². The molecule has 0 fully saturated rings. The lowest BCUT2D eigenvalue weighted by Crippen LogP contribution is -2.30. The van der Waals surface area contributed by atoms with Gasteiger partial charge in [-0.05, 0) is 31.2 Å². The molecule has 0 saturated carbocycles. The Hall–Kier alpha value is -3.09. The summed E-state index contributed by atoms with van der Waals surface area (Å²) in [4.78, 5) is 34.5. The molecule has 1 aromatic carbocycles. The first-order valence-electron chi connectivity index (χ1n) is 6.95. The molecule has 0 aromatic heterocycles. The molecule has 1 N–H and O–H groups in total. The van der Waals surface area contributed by atoms with Crippen molar-refractivity contribution in [3.63, 3.8) is 0 Å². The molecule has 24 heavy (non-hydrogen) atoms. The molecule has 7 nitrogen and oxygen atoms in total. The number of aromatic hydroxyl groups is 1. The maximum Gasteiger partial charge on any atom is 0.338 e. The number of phenolic OH excluding ortho intramolecular Hbond substituents is 1. The van der Waals surface area contributed by atoms with Crippen molar-refractivity contribution in [2.24, 2.45) is 0 Å². The van der Waals surface area contributed by atoms with Crippen LogP contribution in [-0.2, 0) is 23.8 Å². The second kappa shape index (κ2) is 9.14. The van der Waals surface area contributed by atoms with Gasteiger partial charge in [0, 0.05) is 11.6 Å². The topological polar surface area (TPSA) is 99.1 Å². The van der Waals surface area contributed by atoms with E-state index in [1.165, 1.54) is 31.2 Å². The predicted molar refractivity (Wildman–Crippen MR) is 84.2 cm³/mol. The van der Waals surface area contributed by atoms with Crippen LogP contribution in [0.1, 0.15) is 17.3 Å². The quantitative estimate of drug-likeness (QED) is 0.439. The monoisotopic (exact) mass is 334 g/mol. The van der Waals surface area contributed by atoms with Gasteiger partial charge in [0.05, 0.1) is 5.56 Å². The fourth-order valence-electron chi connectivity index (χ4n) is 1.47. The van der Waals surface area contributed by atoms with Gasteiger partial charge in [-0.2, -0.15) is 0 Å². The first-order chi connectivity index (χ1) is 11.3. The SMILES string of the molecule is C=CC(=O)OC(COC(=O)C(=C)C)COC(=O)c1ccc(O)cc1. The Morgan fingerprint density at radius 1 is 1.17 bits per heavy atom. The van der Waals surface area contributed by atoms with Gasteiger partial charge < -0.3 is 19.3 Å². The van der Waals surface area contributed by atoms with E-state index in [4.69, 9.17) is 14.2 Å². The Morgan fingerprint density at radius 2 is 1.75 bits per heavy atom. The smallest absolute Gasteiger partial charge is 0.338 e. The average molecular weight is 334 g/mol. The van der Waals surface area contributed by atoms with Crippen LogP contribution in [0, 0.1) is 0 Å². The molecule has 1 unspecified atom stereocenters. The number of benzene rings is 1. The lowest BCUT2D eigenvalue weighted by molar-refractivity contribution is -0.155. The Morgan fingerprint density at radius 3 is 2.29 bits per heavy atom. The zero-order valence-corrected chi connectivity index (χ0v) is 13.2. The van der Waals surface area contributed by atoms with Crippen molar-refractivity contribution in [2.45, 2.75) is 13.0 Å². The summed E-state index contributed by atoms with van der Waals surface area (Å²) in [5.74, 6) is -2.07. The molecule has 128 valence electrons. The summed E-state index contributed by atoms with van der Waals surface area (Å²) in [7, 11) is 0. The van der Waals surface area contributed by atoms with E-state index in [-0.39, 0.29) is 30.1 Å². The summed E-state index contributed by atoms with van der Waals surface area (Å²) >= 11 is 0. The maximum atomic E-state index is 11.9. The average Bonchev–Trinajstić information content (AvgIpc) is 2.56. The molecule has 0 aliphatic carbocycles. The summed E-state index contributed by atoms with van der Waals surface area (Å²) in [5, 5.41) is 9.18. The molecular weight excluding hydrogens is 316 g/mol. The fraction of sp³-hybridized carbons (Fsp3) is 0.235. The largest absolute Gasteiger partial charge is 0.508 e. The Balaban J connectivity index is 2.62. The summed E-state index contributed by atoms with van der Waals surface area (Å²) in [6.45, 7) is 7.54. The van der Waals surface area contributed by atoms with E-state index in [1.54, 1.807) is 0 Å². The fourth-order valence-corrected chi connectivity index (χ4v) is 1.47. The normalized spacial score (nSPS) is 11.0. The number of carbonyl (C=O) groups is 3. The van der Waals surface area contributed by atoms with E-state index in [2.05, 4.69) is 13.2 Å². The number of phenols is 1. The van der Waals surface area contributed by atoms with Crippen molar-refractivity contribution < 1.29 is 33.7 Å². The predicted octanol–water partition coefficient (Wildman–Crippen LogP) is 1.77. The molecular formula is C17H18O7. The second-order valence-electron chi connectivity index (χ2n) is 4.79. The lowest BCUT2D eigenvalue weighted by Gasteiger charge is -2.17. The number of hydrogen-bond donors (Lipinski definition) is 1. The molecule has 1 atom stereocenters. The van der Waals surface area contributed by atoms with Crippen molar-refractivity contribution in [3.05, 3.63) is 54.6 Å². The molecule has 0 bridgehead atoms. The third-order valence-corrected chi connectivity index (χ3v) is 2.70. The lowest BCUT2D eigenvalue weighted by atomic mass is 10.2. The van der Waals surface area contributed by atoms with E-state index in [0.717, 1.165) is 6.08 Å². The van der Waals surface area contributed by atoms with Gasteiger partial charge >= 0.3 is 17.9 Å². The summed E-state index contributed by atoms with van der Waals surface area (Å²) in [5.41, 5.74) is 0.394. The zero-order chi connectivity index (χ0) is 18.1. The van der Waals surface area contributed by atoms with Crippen molar-refractivity contribution in [1.29, 1.82) is 0 Å². The molecule has 0 aliphatic heterocycles. The minimum Gasteiger partial charge on any atom is -0.508 e. The number of carbonyl (C=O) groups excluding carboxylic acids is 3. The Bertz CT molecular complexity index is 631. The van der Waals surface area contributed by atoms with Gasteiger partial charge in [0.2, 0.25) is 0 Å². The van der Waals surface area contributed by atoms with Gasteiger partial charge in [-0.3, -0.25) is 0 Å². The molecule has 0 amide bonds. The van der Waals surface area contributed by atoms with Gasteiger partial charge in [-0.15, -0.1) is 0 Å². The molecule has 0 heterocycles. The second-order valence-corrected chi connectivity index (χ2v) is 4.79. The number of hydrogen-bond acceptors (Lipinski definition) is 7. The van der Waals surface area contributed by atoms with Crippen molar-refractivity contribution >= 4 is 17.9 Å². The molecule has 1 aromatic rings. The molecule has 0 aliphatic rings. The highest BCUT2D eigenvalue weighted by Gasteiger charge is 2.19. The van der Waals surface area contributed by atoms with Gasteiger partial charge in [-0.1, -0.05) is 13.2 Å². The third kappa shape index (κ3) is 6.35. The van der Waals surface area contributed by atoms with Crippen LogP contribution in [0.3, 0.4) is 0 Å². The first-order valence-corrected chi connectivity index (χ1v) is 6.95. The summed E-state index contributed by atoms with van der Waals surface area (Å²) in [6.07, 6.45) is -0.0464. The standard InChI is InChI=1S/C17H18O7/c1-4-15(19)24-14(9-22-16(20)11(2)3)10-23-17(21)12-5-7-13(18)8-6-12/h4-8,14,18H,1-2,9-10H2,3H3.